The first-order valence-electron chi connectivity index (χ1n) is 4.76. The Morgan fingerprint density at radius 2 is 2.06 bits per heavy atom. The van der Waals surface area contributed by atoms with Crippen molar-refractivity contribution in [3.63, 3.8) is 0 Å². The van der Waals surface area contributed by atoms with Gasteiger partial charge in [0.2, 0.25) is 0 Å². The molecule has 0 saturated carbocycles. The van der Waals surface area contributed by atoms with Crippen LogP contribution in [0.5, 0.6) is 0 Å². The Balaban J connectivity index is 2.26. The van der Waals surface area contributed by atoms with Gasteiger partial charge in [-0.2, -0.15) is 13.2 Å². The van der Waals surface area contributed by atoms with Crippen molar-refractivity contribution in [3.05, 3.63) is 0 Å². The molecule has 5 nitrogen and oxygen atoms in total. The molecule has 0 aromatic heterocycles. The summed E-state index contributed by atoms with van der Waals surface area (Å²) in [6.07, 6.45) is -4.29. The van der Waals surface area contributed by atoms with Gasteiger partial charge >= 0.3 is 12.2 Å². The predicted molar refractivity (Wildman–Crippen MR) is 46.5 cm³/mol. The fourth-order valence-electron chi connectivity index (χ4n) is 2.10. The number of hydrogen-bond donors (Lipinski definition) is 2. The molecule has 0 aliphatic carbocycles. The number of halogens is 3. The fraction of sp³-hybridized carbons (Fsp3) is 0.750. The van der Waals surface area contributed by atoms with Gasteiger partial charge in [-0.25, -0.2) is 4.79 Å². The standard InChI is InChI=1S/C8H10F3N3O2/c9-8(10,11)4-14-6(16)13-5(15)7(14)1-2-12-3-7/h12H,1-4H2,(H,13,15,16). The summed E-state index contributed by atoms with van der Waals surface area (Å²) in [5, 5.41) is 4.73. The van der Waals surface area contributed by atoms with Crippen LogP contribution in [-0.2, 0) is 4.79 Å². The van der Waals surface area contributed by atoms with Crippen LogP contribution in [0.2, 0.25) is 0 Å². The zero-order valence-electron chi connectivity index (χ0n) is 8.23. The van der Waals surface area contributed by atoms with Crippen molar-refractivity contribution in [3.8, 4) is 0 Å². The molecule has 2 rings (SSSR count). The minimum absolute atomic E-state index is 0.0701. The number of carbonyl (C=O) groups is 2. The van der Waals surface area contributed by atoms with Gasteiger partial charge in [0, 0.05) is 6.54 Å². The average molecular weight is 237 g/mol. The lowest BCUT2D eigenvalue weighted by Crippen LogP contribution is -2.54. The summed E-state index contributed by atoms with van der Waals surface area (Å²) in [5.41, 5.74) is -1.35. The zero-order chi connectivity index (χ0) is 12.0. The van der Waals surface area contributed by atoms with E-state index < -0.39 is 30.2 Å². The normalized spacial score (nSPS) is 30.3. The Hall–Kier alpha value is -1.31. The topological polar surface area (TPSA) is 61.4 Å². The number of nitrogens with zero attached hydrogens (tertiary/aromatic N) is 1. The van der Waals surface area contributed by atoms with Crippen molar-refractivity contribution < 1.29 is 22.8 Å². The molecule has 1 unspecified atom stereocenters. The van der Waals surface area contributed by atoms with Crippen molar-refractivity contribution in [1.29, 1.82) is 0 Å². The number of rotatable bonds is 1. The van der Waals surface area contributed by atoms with Gasteiger partial charge in [0.25, 0.3) is 5.91 Å². The highest BCUT2D eigenvalue weighted by Crippen LogP contribution is 2.31. The van der Waals surface area contributed by atoms with Gasteiger partial charge in [0.05, 0.1) is 0 Å². The van der Waals surface area contributed by atoms with E-state index in [2.05, 4.69) is 5.32 Å². The smallest absolute Gasteiger partial charge is 0.314 e. The molecule has 1 spiro atoms. The molecular formula is C8H10F3N3O2. The Morgan fingerprint density at radius 1 is 1.38 bits per heavy atom. The number of amides is 3. The highest BCUT2D eigenvalue weighted by Gasteiger charge is 2.56. The zero-order valence-corrected chi connectivity index (χ0v) is 8.23. The lowest BCUT2D eigenvalue weighted by Gasteiger charge is -2.31. The van der Waals surface area contributed by atoms with E-state index in [0.29, 0.717) is 11.4 Å². The van der Waals surface area contributed by atoms with E-state index in [4.69, 9.17) is 0 Å². The summed E-state index contributed by atoms with van der Waals surface area (Å²) < 4.78 is 36.9. The van der Waals surface area contributed by atoms with Crippen LogP contribution in [0.4, 0.5) is 18.0 Å². The van der Waals surface area contributed by atoms with Crippen LogP contribution in [0.1, 0.15) is 6.42 Å². The molecule has 0 bridgehead atoms. The molecule has 16 heavy (non-hydrogen) atoms. The molecule has 2 saturated heterocycles. The molecule has 3 amide bonds. The second kappa shape index (κ2) is 3.34. The molecular weight excluding hydrogens is 227 g/mol. The number of carbonyl (C=O) groups excluding carboxylic acids is 2. The number of nitrogens with one attached hydrogen (secondary N) is 2. The van der Waals surface area contributed by atoms with Crippen LogP contribution in [0.15, 0.2) is 0 Å². The van der Waals surface area contributed by atoms with Crippen molar-refractivity contribution in [2.45, 2.75) is 18.1 Å². The van der Waals surface area contributed by atoms with E-state index in [1.165, 1.54) is 0 Å². The van der Waals surface area contributed by atoms with Gasteiger partial charge in [0.1, 0.15) is 12.1 Å². The lowest BCUT2D eigenvalue weighted by atomic mass is 9.97. The molecule has 2 aliphatic rings. The van der Waals surface area contributed by atoms with Crippen molar-refractivity contribution in [1.82, 2.24) is 15.5 Å². The maximum Gasteiger partial charge on any atom is 0.406 e. The summed E-state index contributed by atoms with van der Waals surface area (Å²) in [7, 11) is 0. The van der Waals surface area contributed by atoms with Crippen LogP contribution >= 0.6 is 0 Å². The van der Waals surface area contributed by atoms with Gasteiger partial charge in [-0.3, -0.25) is 15.0 Å². The molecule has 2 fully saturated rings. The lowest BCUT2D eigenvalue weighted by molar-refractivity contribution is -0.150. The monoisotopic (exact) mass is 237 g/mol. The molecule has 8 heteroatoms. The summed E-state index contributed by atoms with van der Waals surface area (Å²) in [4.78, 5) is 23.4. The third-order valence-electron chi connectivity index (χ3n) is 2.88. The summed E-state index contributed by atoms with van der Waals surface area (Å²) in [6, 6.07) is -0.967. The van der Waals surface area contributed by atoms with Crippen LogP contribution < -0.4 is 10.6 Å². The highest BCUT2D eigenvalue weighted by molar-refractivity contribution is 6.07. The SMILES string of the molecule is O=C1NC(=O)C2(CCNC2)N1CC(F)(F)F. The summed E-state index contributed by atoms with van der Waals surface area (Å²) >= 11 is 0. The number of urea groups is 1. The highest BCUT2D eigenvalue weighted by atomic mass is 19.4. The molecule has 0 aromatic rings. The van der Waals surface area contributed by atoms with Gasteiger partial charge in [0.15, 0.2) is 0 Å². The van der Waals surface area contributed by atoms with E-state index in [1.807, 2.05) is 5.32 Å². The maximum atomic E-state index is 12.3. The number of hydrogen-bond acceptors (Lipinski definition) is 3. The summed E-state index contributed by atoms with van der Waals surface area (Å²) in [6.45, 7) is -0.901. The first-order chi connectivity index (χ1) is 7.35. The first kappa shape index (κ1) is 11.2. The van der Waals surface area contributed by atoms with Gasteiger partial charge in [-0.1, -0.05) is 0 Å². The largest absolute Gasteiger partial charge is 0.406 e. The first-order valence-corrected chi connectivity index (χ1v) is 4.76. The summed E-state index contributed by atoms with van der Waals surface area (Å²) in [5.74, 6) is -0.647. The number of alkyl halides is 3. The average Bonchev–Trinajstić information content (AvgIpc) is 2.68. The van der Waals surface area contributed by atoms with Crippen LogP contribution in [0.25, 0.3) is 0 Å². The Kier molecular flexibility index (Phi) is 2.33. The van der Waals surface area contributed by atoms with E-state index in [9.17, 15) is 22.8 Å². The second-order valence-electron chi connectivity index (χ2n) is 3.92. The molecule has 2 aliphatic heterocycles. The molecule has 2 heterocycles. The van der Waals surface area contributed by atoms with Crippen molar-refractivity contribution >= 4 is 11.9 Å². The van der Waals surface area contributed by atoms with Crippen LogP contribution in [0.3, 0.4) is 0 Å². The van der Waals surface area contributed by atoms with Gasteiger partial charge in [-0.15, -0.1) is 0 Å². The Morgan fingerprint density at radius 3 is 2.56 bits per heavy atom. The fourth-order valence-corrected chi connectivity index (χ4v) is 2.10. The Labute approximate surface area is 89.0 Å². The van der Waals surface area contributed by atoms with E-state index in [-0.39, 0.29) is 13.0 Å². The molecule has 0 radical (unpaired) electrons. The van der Waals surface area contributed by atoms with Crippen LogP contribution in [0, 0.1) is 0 Å². The maximum absolute atomic E-state index is 12.3. The quantitative estimate of drug-likeness (QED) is 0.622. The molecule has 1 atom stereocenters. The van der Waals surface area contributed by atoms with E-state index >= 15 is 0 Å². The minimum Gasteiger partial charge on any atom is -0.314 e. The van der Waals surface area contributed by atoms with Crippen molar-refractivity contribution in [2.24, 2.45) is 0 Å². The van der Waals surface area contributed by atoms with Gasteiger partial charge < -0.3 is 5.32 Å². The van der Waals surface area contributed by atoms with Crippen molar-refractivity contribution in [2.75, 3.05) is 19.6 Å². The number of imide groups is 1. The minimum atomic E-state index is -4.50. The van der Waals surface area contributed by atoms with E-state index in [0.717, 1.165) is 0 Å². The van der Waals surface area contributed by atoms with Gasteiger partial charge in [-0.05, 0) is 13.0 Å². The third-order valence-corrected chi connectivity index (χ3v) is 2.88. The molecule has 90 valence electrons. The van der Waals surface area contributed by atoms with E-state index in [1.54, 1.807) is 0 Å². The second-order valence-corrected chi connectivity index (χ2v) is 3.92. The molecule has 0 aromatic carbocycles. The predicted octanol–water partition coefficient (Wildman–Crippen LogP) is -0.167. The molecule has 2 N–H and O–H groups in total. The Bertz CT molecular complexity index is 336. The van der Waals surface area contributed by atoms with Crippen LogP contribution in [-0.4, -0.2) is 48.2 Å². The third kappa shape index (κ3) is 1.62.